The normalized spacial score (nSPS) is 14.8. The second kappa shape index (κ2) is 9.28. The molecule has 0 amide bonds. The zero-order chi connectivity index (χ0) is 21.9. The Kier molecular flexibility index (Phi) is 6.08. The third-order valence-corrected chi connectivity index (χ3v) is 6.69. The second-order valence-corrected chi connectivity index (χ2v) is 9.98. The Morgan fingerprint density at radius 3 is 2.81 bits per heavy atom. The first-order valence-corrected chi connectivity index (χ1v) is 12.3. The van der Waals surface area contributed by atoms with E-state index in [0.717, 1.165) is 44.6 Å². The molecule has 0 spiro atoms. The average molecular weight is 448 g/mol. The highest BCUT2D eigenvalue weighted by molar-refractivity contribution is 7.22. The molecule has 6 nitrogen and oxygen atoms in total. The van der Waals surface area contributed by atoms with Crippen LogP contribution in [-0.4, -0.2) is 25.8 Å². The van der Waals surface area contributed by atoms with E-state index in [0.29, 0.717) is 12.0 Å². The molecule has 0 radical (unpaired) electrons. The van der Waals surface area contributed by atoms with E-state index in [1.54, 1.807) is 17.5 Å². The molecule has 4 aromatic rings. The first-order chi connectivity index (χ1) is 15.6. The standard InChI is InChI=1S/C25H29N5OS/c1-17(2)15-30-16-18(14-27-30)23-12-21(10-11-26-23)31-20-8-9-22-24(13-20)32-25(29-22)28-19-6-4-3-5-7-19/h8-14,16-17,19H,3-7,15H2,1-2H3,(H,28,29). The summed E-state index contributed by atoms with van der Waals surface area (Å²) in [7, 11) is 0. The van der Waals surface area contributed by atoms with Gasteiger partial charge in [0, 0.05) is 42.7 Å². The van der Waals surface area contributed by atoms with Gasteiger partial charge in [-0.05, 0) is 37.0 Å². The summed E-state index contributed by atoms with van der Waals surface area (Å²) in [5.74, 6) is 2.11. The fourth-order valence-electron chi connectivity index (χ4n) is 4.19. The maximum atomic E-state index is 6.17. The Labute approximate surface area is 192 Å². The maximum absolute atomic E-state index is 6.17. The Morgan fingerprint density at radius 2 is 1.97 bits per heavy atom. The number of hydrogen-bond donors (Lipinski definition) is 1. The largest absolute Gasteiger partial charge is 0.457 e. The smallest absolute Gasteiger partial charge is 0.184 e. The summed E-state index contributed by atoms with van der Waals surface area (Å²) in [6.45, 7) is 5.26. The molecule has 0 saturated heterocycles. The minimum absolute atomic E-state index is 0.547. The molecule has 7 heteroatoms. The van der Waals surface area contributed by atoms with Crippen LogP contribution in [0.25, 0.3) is 21.5 Å². The van der Waals surface area contributed by atoms with Gasteiger partial charge in [-0.15, -0.1) is 0 Å². The van der Waals surface area contributed by atoms with Crippen LogP contribution in [-0.2, 0) is 6.54 Å². The molecular formula is C25H29N5OS. The van der Waals surface area contributed by atoms with Crippen molar-refractivity contribution in [1.29, 1.82) is 0 Å². The van der Waals surface area contributed by atoms with E-state index in [9.17, 15) is 0 Å². The van der Waals surface area contributed by atoms with Crippen LogP contribution in [0, 0.1) is 5.92 Å². The number of anilines is 1. The Hall–Kier alpha value is -2.93. The van der Waals surface area contributed by atoms with Crippen LogP contribution < -0.4 is 10.1 Å². The van der Waals surface area contributed by atoms with Crippen LogP contribution in [0.2, 0.25) is 0 Å². The molecule has 3 aromatic heterocycles. The van der Waals surface area contributed by atoms with Crippen molar-refractivity contribution in [1.82, 2.24) is 19.7 Å². The van der Waals surface area contributed by atoms with Crippen LogP contribution in [0.4, 0.5) is 5.13 Å². The molecule has 1 N–H and O–H groups in total. The Bertz CT molecular complexity index is 1190. The topological polar surface area (TPSA) is 64.9 Å². The Balaban J connectivity index is 1.30. The Morgan fingerprint density at radius 1 is 1.12 bits per heavy atom. The summed E-state index contributed by atoms with van der Waals surface area (Å²) in [6, 6.07) is 10.5. The number of hydrogen-bond acceptors (Lipinski definition) is 6. The van der Waals surface area contributed by atoms with Crippen molar-refractivity contribution in [2.45, 2.75) is 58.5 Å². The maximum Gasteiger partial charge on any atom is 0.184 e. The summed E-state index contributed by atoms with van der Waals surface area (Å²) < 4.78 is 9.26. The number of rotatable bonds is 7. The molecule has 1 saturated carbocycles. The van der Waals surface area contributed by atoms with Crippen molar-refractivity contribution in [2.24, 2.45) is 5.92 Å². The van der Waals surface area contributed by atoms with Crippen LogP contribution in [0.1, 0.15) is 46.0 Å². The minimum atomic E-state index is 0.547. The highest BCUT2D eigenvalue weighted by Gasteiger charge is 2.15. The van der Waals surface area contributed by atoms with Crippen LogP contribution in [0.3, 0.4) is 0 Å². The van der Waals surface area contributed by atoms with Crippen molar-refractivity contribution in [2.75, 3.05) is 5.32 Å². The van der Waals surface area contributed by atoms with Gasteiger partial charge in [-0.1, -0.05) is 44.4 Å². The van der Waals surface area contributed by atoms with Crippen molar-refractivity contribution in [3.05, 3.63) is 48.9 Å². The van der Waals surface area contributed by atoms with E-state index in [-0.39, 0.29) is 0 Å². The van der Waals surface area contributed by atoms with Gasteiger partial charge in [0.25, 0.3) is 0 Å². The van der Waals surface area contributed by atoms with Gasteiger partial charge in [-0.2, -0.15) is 5.10 Å². The number of benzene rings is 1. The first kappa shape index (κ1) is 20.9. The monoisotopic (exact) mass is 447 g/mol. The summed E-state index contributed by atoms with van der Waals surface area (Å²) in [6.07, 6.45) is 12.1. The molecule has 1 fully saturated rings. The molecule has 32 heavy (non-hydrogen) atoms. The SMILES string of the molecule is CC(C)Cn1cc(-c2cc(Oc3ccc4nc(NC5CCCCC5)sc4c3)ccn2)cn1. The summed E-state index contributed by atoms with van der Waals surface area (Å²) in [4.78, 5) is 9.27. The van der Waals surface area contributed by atoms with Crippen molar-refractivity contribution in [3.63, 3.8) is 0 Å². The molecule has 0 aliphatic heterocycles. The number of fused-ring (bicyclic) bond motifs is 1. The molecule has 1 aliphatic carbocycles. The number of aromatic nitrogens is 4. The molecule has 1 aromatic carbocycles. The number of nitrogens with zero attached hydrogens (tertiary/aromatic N) is 4. The molecule has 1 aliphatic rings. The van der Waals surface area contributed by atoms with Gasteiger partial charge in [-0.25, -0.2) is 4.98 Å². The van der Waals surface area contributed by atoms with Crippen LogP contribution >= 0.6 is 11.3 Å². The second-order valence-electron chi connectivity index (χ2n) is 8.95. The van der Waals surface area contributed by atoms with E-state index in [1.165, 1.54) is 32.1 Å². The molecule has 5 rings (SSSR count). The molecular weight excluding hydrogens is 418 g/mol. The lowest BCUT2D eigenvalue weighted by molar-refractivity contribution is 0.462. The van der Waals surface area contributed by atoms with Crippen molar-refractivity contribution in [3.8, 4) is 22.8 Å². The van der Waals surface area contributed by atoms with Gasteiger partial charge in [-0.3, -0.25) is 9.67 Å². The zero-order valence-corrected chi connectivity index (χ0v) is 19.4. The number of nitrogens with one attached hydrogen (secondary N) is 1. The quantitative estimate of drug-likeness (QED) is 0.339. The molecule has 166 valence electrons. The number of pyridine rings is 1. The summed E-state index contributed by atoms with van der Waals surface area (Å²) in [5, 5.41) is 9.09. The third kappa shape index (κ3) is 4.93. The van der Waals surface area contributed by atoms with E-state index in [4.69, 9.17) is 9.72 Å². The fraction of sp³-hybridized carbons (Fsp3) is 0.400. The number of thiazole rings is 1. The van der Waals surface area contributed by atoms with E-state index in [1.807, 2.05) is 41.3 Å². The molecule has 3 heterocycles. The van der Waals surface area contributed by atoms with E-state index in [2.05, 4.69) is 35.3 Å². The molecule has 0 atom stereocenters. The highest BCUT2D eigenvalue weighted by atomic mass is 32.1. The predicted molar refractivity (Wildman–Crippen MR) is 130 cm³/mol. The highest BCUT2D eigenvalue weighted by Crippen LogP contribution is 2.33. The first-order valence-electron chi connectivity index (χ1n) is 11.5. The lowest BCUT2D eigenvalue weighted by Gasteiger charge is -2.22. The fourth-order valence-corrected chi connectivity index (χ4v) is 5.16. The zero-order valence-electron chi connectivity index (χ0n) is 18.6. The predicted octanol–water partition coefficient (Wildman–Crippen LogP) is 6.75. The minimum Gasteiger partial charge on any atom is -0.457 e. The van der Waals surface area contributed by atoms with Gasteiger partial charge >= 0.3 is 0 Å². The average Bonchev–Trinajstić information content (AvgIpc) is 3.40. The van der Waals surface area contributed by atoms with Crippen molar-refractivity contribution >= 4 is 26.7 Å². The van der Waals surface area contributed by atoms with Gasteiger partial charge in [0.05, 0.1) is 22.1 Å². The van der Waals surface area contributed by atoms with Crippen molar-refractivity contribution < 1.29 is 4.74 Å². The van der Waals surface area contributed by atoms with Crippen LogP contribution in [0.15, 0.2) is 48.9 Å². The molecule has 0 unspecified atom stereocenters. The van der Waals surface area contributed by atoms with Gasteiger partial charge in [0.15, 0.2) is 5.13 Å². The third-order valence-electron chi connectivity index (χ3n) is 5.74. The summed E-state index contributed by atoms with van der Waals surface area (Å²) in [5.41, 5.74) is 2.86. The lowest BCUT2D eigenvalue weighted by atomic mass is 9.96. The summed E-state index contributed by atoms with van der Waals surface area (Å²) >= 11 is 1.70. The van der Waals surface area contributed by atoms with E-state index >= 15 is 0 Å². The lowest BCUT2D eigenvalue weighted by Crippen LogP contribution is -2.21. The van der Waals surface area contributed by atoms with Gasteiger partial charge < -0.3 is 10.1 Å². The van der Waals surface area contributed by atoms with E-state index < -0.39 is 0 Å². The van der Waals surface area contributed by atoms with Crippen LogP contribution in [0.5, 0.6) is 11.5 Å². The van der Waals surface area contributed by atoms with Gasteiger partial charge in [0.1, 0.15) is 11.5 Å². The number of ether oxygens (including phenoxy) is 1. The van der Waals surface area contributed by atoms with Gasteiger partial charge in [0.2, 0.25) is 0 Å². The molecule has 0 bridgehead atoms.